The van der Waals surface area contributed by atoms with Gasteiger partial charge in [0.1, 0.15) is 0 Å². The summed E-state index contributed by atoms with van der Waals surface area (Å²) >= 11 is 0. The molecule has 0 radical (unpaired) electrons. The summed E-state index contributed by atoms with van der Waals surface area (Å²) in [6.07, 6.45) is 0.868. The quantitative estimate of drug-likeness (QED) is 0.564. The average Bonchev–Trinajstić information content (AvgIpc) is 3.05. The van der Waals surface area contributed by atoms with E-state index in [1.807, 2.05) is 30.3 Å². The fraction of sp³-hybridized carbons (Fsp3) is 0.0909. The van der Waals surface area contributed by atoms with E-state index in [1.165, 1.54) is 35.4 Å². The Hall–Kier alpha value is -3.40. The first-order valence-corrected chi connectivity index (χ1v) is 8.36. The maximum atomic E-state index is 12.5. The molecule has 0 spiro atoms. The average molecular weight is 343 g/mol. The molecule has 0 heterocycles. The number of amides is 1. The number of carbonyl (C=O) groups is 2. The van der Waals surface area contributed by atoms with Gasteiger partial charge in [-0.2, -0.15) is 0 Å². The highest BCUT2D eigenvalue weighted by molar-refractivity contribution is 6.05. The summed E-state index contributed by atoms with van der Waals surface area (Å²) in [5.74, 6) is -0.721. The van der Waals surface area contributed by atoms with Crippen LogP contribution in [0.25, 0.3) is 11.1 Å². The minimum absolute atomic E-state index is 0.258. The normalized spacial score (nSPS) is 11.4. The van der Waals surface area contributed by atoms with E-state index in [1.54, 1.807) is 18.2 Å². The maximum absolute atomic E-state index is 12.5. The van der Waals surface area contributed by atoms with Crippen molar-refractivity contribution < 1.29 is 14.3 Å². The van der Waals surface area contributed by atoms with Crippen LogP contribution in [0.15, 0.2) is 66.7 Å². The monoisotopic (exact) mass is 343 g/mol. The van der Waals surface area contributed by atoms with Gasteiger partial charge >= 0.3 is 5.97 Å². The molecule has 128 valence electrons. The molecular formula is C22H17NO3. The SMILES string of the molecule is COC(=O)c1cccc(C(=O)Nc2ccc3c(c2)Cc2ccccc2-3)c1. The first kappa shape index (κ1) is 16.1. The van der Waals surface area contributed by atoms with Gasteiger partial charge < -0.3 is 10.1 Å². The van der Waals surface area contributed by atoms with Gasteiger partial charge in [-0.1, -0.05) is 36.4 Å². The van der Waals surface area contributed by atoms with E-state index in [2.05, 4.69) is 17.4 Å². The first-order chi connectivity index (χ1) is 12.7. The number of ether oxygens (including phenoxy) is 1. The fourth-order valence-corrected chi connectivity index (χ4v) is 3.33. The predicted molar refractivity (Wildman–Crippen MR) is 100 cm³/mol. The van der Waals surface area contributed by atoms with E-state index in [9.17, 15) is 9.59 Å². The zero-order valence-corrected chi connectivity index (χ0v) is 14.3. The lowest BCUT2D eigenvalue weighted by Gasteiger charge is -2.08. The number of hydrogen-bond donors (Lipinski definition) is 1. The second kappa shape index (κ2) is 6.48. The molecule has 1 N–H and O–H groups in total. The van der Waals surface area contributed by atoms with Crippen molar-refractivity contribution in [1.82, 2.24) is 0 Å². The number of anilines is 1. The molecule has 1 amide bonds. The first-order valence-electron chi connectivity index (χ1n) is 8.36. The third-order valence-electron chi connectivity index (χ3n) is 4.60. The van der Waals surface area contributed by atoms with Gasteiger partial charge in [0.05, 0.1) is 12.7 Å². The Morgan fingerprint density at radius 3 is 2.46 bits per heavy atom. The summed E-state index contributed by atoms with van der Waals surface area (Å²) in [7, 11) is 1.32. The molecule has 0 bridgehead atoms. The zero-order valence-electron chi connectivity index (χ0n) is 14.3. The summed E-state index contributed by atoms with van der Waals surface area (Å²) in [5, 5.41) is 2.91. The summed E-state index contributed by atoms with van der Waals surface area (Å²) in [6.45, 7) is 0. The molecule has 1 aliphatic carbocycles. The Balaban J connectivity index is 1.56. The van der Waals surface area contributed by atoms with Crippen LogP contribution in [0.3, 0.4) is 0 Å². The number of nitrogens with one attached hydrogen (secondary N) is 1. The second-order valence-electron chi connectivity index (χ2n) is 6.23. The summed E-state index contributed by atoms with van der Waals surface area (Å²) in [5.41, 5.74) is 6.48. The highest BCUT2D eigenvalue weighted by Crippen LogP contribution is 2.37. The van der Waals surface area contributed by atoms with Gasteiger partial charge in [0, 0.05) is 11.3 Å². The molecule has 3 aromatic rings. The summed E-state index contributed by atoms with van der Waals surface area (Å²) < 4.78 is 4.70. The topological polar surface area (TPSA) is 55.4 Å². The van der Waals surface area contributed by atoms with Gasteiger partial charge in [-0.15, -0.1) is 0 Å². The second-order valence-corrected chi connectivity index (χ2v) is 6.23. The maximum Gasteiger partial charge on any atom is 0.337 e. The van der Waals surface area contributed by atoms with Crippen molar-refractivity contribution in [1.29, 1.82) is 0 Å². The fourth-order valence-electron chi connectivity index (χ4n) is 3.33. The third-order valence-corrected chi connectivity index (χ3v) is 4.60. The lowest BCUT2D eigenvalue weighted by molar-refractivity contribution is 0.0600. The molecule has 4 nitrogen and oxygen atoms in total. The van der Waals surface area contributed by atoms with Crippen LogP contribution < -0.4 is 5.32 Å². The minimum Gasteiger partial charge on any atom is -0.465 e. The van der Waals surface area contributed by atoms with Crippen LogP contribution in [0.1, 0.15) is 31.8 Å². The summed E-state index contributed by atoms with van der Waals surface area (Å²) in [6, 6.07) is 20.8. The van der Waals surface area contributed by atoms with E-state index in [0.717, 1.165) is 12.1 Å². The van der Waals surface area contributed by atoms with Crippen molar-refractivity contribution in [2.75, 3.05) is 12.4 Å². The number of esters is 1. The van der Waals surface area contributed by atoms with Gasteiger partial charge in [0.2, 0.25) is 0 Å². The number of carbonyl (C=O) groups excluding carboxylic acids is 2. The van der Waals surface area contributed by atoms with Crippen LogP contribution in [0.4, 0.5) is 5.69 Å². The highest BCUT2D eigenvalue weighted by atomic mass is 16.5. The number of rotatable bonds is 3. The van der Waals surface area contributed by atoms with Gasteiger partial charge in [-0.25, -0.2) is 4.79 Å². The van der Waals surface area contributed by atoms with Gasteiger partial charge in [-0.05, 0) is 59.0 Å². The molecule has 26 heavy (non-hydrogen) atoms. The molecule has 0 fully saturated rings. The van der Waals surface area contributed by atoms with Crippen molar-refractivity contribution in [3.05, 3.63) is 89.0 Å². The molecule has 0 saturated heterocycles. The molecule has 3 aromatic carbocycles. The van der Waals surface area contributed by atoms with Crippen LogP contribution in [-0.4, -0.2) is 19.0 Å². The Labute approximate surface area is 151 Å². The molecule has 0 atom stereocenters. The predicted octanol–water partition coefficient (Wildman–Crippen LogP) is 4.30. The highest BCUT2D eigenvalue weighted by Gasteiger charge is 2.18. The molecule has 0 aromatic heterocycles. The van der Waals surface area contributed by atoms with E-state index < -0.39 is 5.97 Å². The number of methoxy groups -OCH3 is 1. The lowest BCUT2D eigenvalue weighted by Crippen LogP contribution is -2.13. The molecule has 4 rings (SSSR count). The smallest absolute Gasteiger partial charge is 0.337 e. The number of benzene rings is 3. The van der Waals surface area contributed by atoms with Crippen molar-refractivity contribution in [3.8, 4) is 11.1 Å². The van der Waals surface area contributed by atoms with Gasteiger partial charge in [-0.3, -0.25) is 4.79 Å². The van der Waals surface area contributed by atoms with E-state index >= 15 is 0 Å². The Morgan fingerprint density at radius 2 is 1.62 bits per heavy atom. The molecule has 0 unspecified atom stereocenters. The van der Waals surface area contributed by atoms with Crippen LogP contribution in [-0.2, 0) is 11.2 Å². The minimum atomic E-state index is -0.463. The van der Waals surface area contributed by atoms with E-state index in [4.69, 9.17) is 4.74 Å². The van der Waals surface area contributed by atoms with Crippen molar-refractivity contribution >= 4 is 17.6 Å². The molecule has 0 saturated carbocycles. The molecule has 1 aliphatic rings. The van der Waals surface area contributed by atoms with Crippen LogP contribution in [0.5, 0.6) is 0 Å². The van der Waals surface area contributed by atoms with E-state index in [-0.39, 0.29) is 5.91 Å². The van der Waals surface area contributed by atoms with Crippen molar-refractivity contribution in [2.45, 2.75) is 6.42 Å². The third kappa shape index (κ3) is 2.86. The van der Waals surface area contributed by atoms with Crippen LogP contribution in [0.2, 0.25) is 0 Å². The van der Waals surface area contributed by atoms with Crippen LogP contribution in [0, 0.1) is 0 Å². The van der Waals surface area contributed by atoms with Gasteiger partial charge in [0.25, 0.3) is 5.91 Å². The van der Waals surface area contributed by atoms with Crippen molar-refractivity contribution in [2.24, 2.45) is 0 Å². The standard InChI is InChI=1S/C22H17NO3/c1-26-22(25)16-7-4-6-15(12-16)21(24)23-18-9-10-20-17(13-18)11-14-5-2-3-8-19(14)20/h2-10,12-13H,11H2,1H3,(H,23,24). The Kier molecular flexibility index (Phi) is 4.01. The van der Waals surface area contributed by atoms with Crippen molar-refractivity contribution in [3.63, 3.8) is 0 Å². The Bertz CT molecular complexity index is 1020. The molecule has 0 aliphatic heterocycles. The lowest BCUT2D eigenvalue weighted by atomic mass is 10.1. The number of hydrogen-bond acceptors (Lipinski definition) is 3. The van der Waals surface area contributed by atoms with E-state index in [0.29, 0.717) is 11.1 Å². The largest absolute Gasteiger partial charge is 0.465 e. The molecular weight excluding hydrogens is 326 g/mol. The molecule has 4 heteroatoms. The summed E-state index contributed by atoms with van der Waals surface area (Å²) in [4.78, 5) is 24.2. The van der Waals surface area contributed by atoms with Gasteiger partial charge in [0.15, 0.2) is 0 Å². The zero-order chi connectivity index (χ0) is 18.1. The Morgan fingerprint density at radius 1 is 0.846 bits per heavy atom. The van der Waals surface area contributed by atoms with Crippen LogP contribution >= 0.6 is 0 Å². The number of fused-ring (bicyclic) bond motifs is 3.